The van der Waals surface area contributed by atoms with E-state index in [1.807, 2.05) is 0 Å². The van der Waals surface area contributed by atoms with Crippen LogP contribution in [0.25, 0.3) is 0 Å². The number of carbonyl (C=O) groups excluding carboxylic acids is 2. The summed E-state index contributed by atoms with van der Waals surface area (Å²) >= 11 is 11.3. The number of anilines is 1. The van der Waals surface area contributed by atoms with Crippen LogP contribution in [-0.2, 0) is 9.59 Å². The first-order valence-electron chi connectivity index (χ1n) is 3.89. The standard InChI is InChI=1S/C9H6Cl2FNO2/c10-5-1-6(11)3-7(2-5)13-9(15)8(12)4-14/h1-4,8H,(H,13,15). The number of alkyl halides is 1. The Morgan fingerprint density at radius 2 is 1.87 bits per heavy atom. The lowest BCUT2D eigenvalue weighted by molar-refractivity contribution is -0.126. The van der Waals surface area contributed by atoms with Gasteiger partial charge in [-0.3, -0.25) is 9.59 Å². The van der Waals surface area contributed by atoms with Crippen LogP contribution >= 0.6 is 23.2 Å². The Bertz CT molecular complexity index is 377. The summed E-state index contributed by atoms with van der Waals surface area (Å²) in [6.07, 6.45) is -2.29. The number of aldehydes is 1. The van der Waals surface area contributed by atoms with Crippen LogP contribution in [0.2, 0.25) is 10.0 Å². The van der Waals surface area contributed by atoms with Gasteiger partial charge in [0.25, 0.3) is 5.91 Å². The molecule has 0 fully saturated rings. The molecule has 0 spiro atoms. The van der Waals surface area contributed by atoms with Crippen molar-refractivity contribution in [2.24, 2.45) is 0 Å². The highest BCUT2D eigenvalue weighted by Gasteiger charge is 2.15. The van der Waals surface area contributed by atoms with E-state index < -0.39 is 12.1 Å². The second kappa shape index (κ2) is 5.09. The van der Waals surface area contributed by atoms with Crippen molar-refractivity contribution < 1.29 is 14.0 Å². The van der Waals surface area contributed by atoms with Gasteiger partial charge in [-0.05, 0) is 18.2 Å². The fourth-order valence-electron chi connectivity index (χ4n) is 0.899. The lowest BCUT2D eigenvalue weighted by atomic mass is 10.3. The van der Waals surface area contributed by atoms with Gasteiger partial charge in [0.1, 0.15) is 0 Å². The van der Waals surface area contributed by atoms with Gasteiger partial charge in [0, 0.05) is 15.7 Å². The Kier molecular flexibility index (Phi) is 4.05. The molecule has 0 radical (unpaired) electrons. The molecule has 0 aliphatic rings. The SMILES string of the molecule is O=CC(F)C(=O)Nc1cc(Cl)cc(Cl)c1. The van der Waals surface area contributed by atoms with E-state index >= 15 is 0 Å². The van der Waals surface area contributed by atoms with E-state index in [0.29, 0.717) is 10.0 Å². The molecule has 0 saturated heterocycles. The van der Waals surface area contributed by atoms with E-state index in [-0.39, 0.29) is 12.0 Å². The van der Waals surface area contributed by atoms with Gasteiger partial charge in [0.2, 0.25) is 6.17 Å². The third-order valence-electron chi connectivity index (χ3n) is 1.50. The van der Waals surface area contributed by atoms with E-state index in [1.165, 1.54) is 18.2 Å². The number of benzene rings is 1. The van der Waals surface area contributed by atoms with E-state index in [0.717, 1.165) is 0 Å². The Balaban J connectivity index is 2.80. The summed E-state index contributed by atoms with van der Waals surface area (Å²) in [4.78, 5) is 20.9. The van der Waals surface area contributed by atoms with Crippen LogP contribution in [0.5, 0.6) is 0 Å². The molecule has 1 rings (SSSR count). The number of halogens is 3. The van der Waals surface area contributed by atoms with Crippen molar-refractivity contribution >= 4 is 41.1 Å². The average molecular weight is 250 g/mol. The minimum absolute atomic E-state index is 0.0957. The minimum atomic E-state index is -2.19. The van der Waals surface area contributed by atoms with Gasteiger partial charge in [-0.2, -0.15) is 0 Å². The first-order valence-corrected chi connectivity index (χ1v) is 4.65. The highest BCUT2D eigenvalue weighted by atomic mass is 35.5. The summed E-state index contributed by atoms with van der Waals surface area (Å²) in [5.74, 6) is -1.05. The second-order valence-electron chi connectivity index (χ2n) is 2.69. The fraction of sp³-hybridized carbons (Fsp3) is 0.111. The number of amides is 1. The van der Waals surface area contributed by atoms with Crippen molar-refractivity contribution in [1.82, 2.24) is 0 Å². The van der Waals surface area contributed by atoms with E-state index in [2.05, 4.69) is 5.32 Å². The first kappa shape index (κ1) is 11.9. The summed E-state index contributed by atoms with van der Waals surface area (Å²) in [7, 11) is 0. The normalized spacial score (nSPS) is 11.9. The van der Waals surface area contributed by atoms with Crippen molar-refractivity contribution in [3.8, 4) is 0 Å². The highest BCUT2D eigenvalue weighted by molar-refractivity contribution is 6.35. The van der Waals surface area contributed by atoms with E-state index in [1.54, 1.807) is 0 Å². The van der Waals surface area contributed by atoms with Crippen LogP contribution in [0, 0.1) is 0 Å². The van der Waals surface area contributed by atoms with E-state index in [4.69, 9.17) is 23.2 Å². The molecule has 1 unspecified atom stereocenters. The molecular weight excluding hydrogens is 244 g/mol. The monoisotopic (exact) mass is 249 g/mol. The molecule has 1 amide bonds. The summed E-state index contributed by atoms with van der Waals surface area (Å²) < 4.78 is 12.6. The molecule has 1 aromatic rings. The minimum Gasteiger partial charge on any atom is -0.323 e. The molecule has 0 aliphatic heterocycles. The summed E-state index contributed by atoms with van der Waals surface area (Å²) in [5.41, 5.74) is 0.238. The zero-order valence-electron chi connectivity index (χ0n) is 7.34. The summed E-state index contributed by atoms with van der Waals surface area (Å²) in [5, 5.41) is 2.77. The predicted octanol–water partition coefficient (Wildman–Crippen LogP) is 2.47. The Hall–Kier alpha value is -1.13. The van der Waals surface area contributed by atoms with E-state index in [9.17, 15) is 14.0 Å². The summed E-state index contributed by atoms with van der Waals surface area (Å²) in [6, 6.07) is 4.25. The topological polar surface area (TPSA) is 46.2 Å². The Morgan fingerprint density at radius 3 is 2.33 bits per heavy atom. The van der Waals surface area contributed by atoms with Crippen molar-refractivity contribution in [1.29, 1.82) is 0 Å². The van der Waals surface area contributed by atoms with Crippen LogP contribution in [0.4, 0.5) is 10.1 Å². The zero-order valence-corrected chi connectivity index (χ0v) is 8.85. The van der Waals surface area contributed by atoms with Gasteiger partial charge in [-0.25, -0.2) is 4.39 Å². The number of carbonyl (C=O) groups is 2. The van der Waals surface area contributed by atoms with Gasteiger partial charge >= 0.3 is 0 Å². The molecule has 6 heteroatoms. The van der Waals surface area contributed by atoms with Crippen LogP contribution < -0.4 is 5.32 Å². The van der Waals surface area contributed by atoms with Crippen molar-refractivity contribution in [2.45, 2.75) is 6.17 Å². The molecule has 0 aliphatic carbocycles. The molecule has 1 N–H and O–H groups in total. The maximum Gasteiger partial charge on any atom is 0.266 e. The van der Waals surface area contributed by atoms with Crippen LogP contribution in [-0.4, -0.2) is 18.4 Å². The van der Waals surface area contributed by atoms with Gasteiger partial charge in [0.05, 0.1) is 0 Å². The molecule has 0 bridgehead atoms. The first-order chi connectivity index (χ1) is 7.02. The lowest BCUT2D eigenvalue weighted by Crippen LogP contribution is -2.24. The Labute approximate surface area is 95.2 Å². The van der Waals surface area contributed by atoms with Gasteiger partial charge in [-0.1, -0.05) is 23.2 Å². The summed E-state index contributed by atoms with van der Waals surface area (Å²) in [6.45, 7) is 0. The molecule has 3 nitrogen and oxygen atoms in total. The Morgan fingerprint density at radius 1 is 1.33 bits per heavy atom. The quantitative estimate of drug-likeness (QED) is 0.661. The third kappa shape index (κ3) is 3.49. The van der Waals surface area contributed by atoms with Gasteiger partial charge in [0.15, 0.2) is 6.29 Å². The molecule has 1 aromatic carbocycles. The molecular formula is C9H6Cl2FNO2. The largest absolute Gasteiger partial charge is 0.323 e. The molecule has 0 saturated carbocycles. The van der Waals surface area contributed by atoms with Crippen LogP contribution in [0.1, 0.15) is 0 Å². The van der Waals surface area contributed by atoms with Crippen LogP contribution in [0.15, 0.2) is 18.2 Å². The molecule has 15 heavy (non-hydrogen) atoms. The fourth-order valence-corrected chi connectivity index (χ4v) is 1.43. The molecule has 80 valence electrons. The second-order valence-corrected chi connectivity index (χ2v) is 3.56. The van der Waals surface area contributed by atoms with Gasteiger partial charge in [-0.15, -0.1) is 0 Å². The molecule has 0 aromatic heterocycles. The van der Waals surface area contributed by atoms with Crippen molar-refractivity contribution in [3.63, 3.8) is 0 Å². The average Bonchev–Trinajstić information content (AvgIpc) is 2.14. The maximum absolute atomic E-state index is 12.6. The number of hydrogen-bond acceptors (Lipinski definition) is 2. The predicted molar refractivity (Wildman–Crippen MR) is 56.1 cm³/mol. The lowest BCUT2D eigenvalue weighted by Gasteiger charge is -2.05. The molecule has 1 atom stereocenters. The number of rotatable bonds is 3. The van der Waals surface area contributed by atoms with Gasteiger partial charge < -0.3 is 5.32 Å². The zero-order chi connectivity index (χ0) is 11.4. The number of nitrogens with one attached hydrogen (secondary N) is 1. The smallest absolute Gasteiger partial charge is 0.266 e. The van der Waals surface area contributed by atoms with Crippen LogP contribution in [0.3, 0.4) is 0 Å². The molecule has 0 heterocycles. The number of hydrogen-bond donors (Lipinski definition) is 1. The highest BCUT2D eigenvalue weighted by Crippen LogP contribution is 2.22. The maximum atomic E-state index is 12.6. The third-order valence-corrected chi connectivity index (χ3v) is 1.94. The van der Waals surface area contributed by atoms with Crippen molar-refractivity contribution in [2.75, 3.05) is 5.32 Å². The van der Waals surface area contributed by atoms with Crippen molar-refractivity contribution in [3.05, 3.63) is 28.2 Å².